The first-order chi connectivity index (χ1) is 8.60. The second-order valence-corrected chi connectivity index (χ2v) is 4.62. The first kappa shape index (κ1) is 12.9. The van der Waals surface area contributed by atoms with E-state index in [1.54, 1.807) is 13.2 Å². The van der Waals surface area contributed by atoms with Gasteiger partial charge in [0, 0.05) is 23.7 Å². The molecule has 5 heteroatoms. The molecule has 0 bridgehead atoms. The van der Waals surface area contributed by atoms with Gasteiger partial charge in [-0.05, 0) is 19.9 Å². The summed E-state index contributed by atoms with van der Waals surface area (Å²) in [5.74, 6) is 2.27. The summed E-state index contributed by atoms with van der Waals surface area (Å²) in [6.07, 6.45) is 2.09. The minimum Gasteiger partial charge on any atom is -0.481 e. The number of hydrogen-bond acceptors (Lipinski definition) is 4. The van der Waals surface area contributed by atoms with Crippen molar-refractivity contribution in [2.75, 3.05) is 7.11 Å². The van der Waals surface area contributed by atoms with Crippen LogP contribution in [0.4, 0.5) is 0 Å². The highest BCUT2D eigenvalue weighted by molar-refractivity contribution is 6.21. The van der Waals surface area contributed by atoms with Crippen LogP contribution < -0.4 is 4.74 Å². The molecule has 1 unspecified atom stereocenters. The summed E-state index contributed by atoms with van der Waals surface area (Å²) in [5.41, 5.74) is 1.85. The predicted octanol–water partition coefficient (Wildman–Crippen LogP) is 3.22. The summed E-state index contributed by atoms with van der Waals surface area (Å²) in [6, 6.07) is 3.75. The molecule has 0 aliphatic carbocycles. The van der Waals surface area contributed by atoms with Crippen molar-refractivity contribution in [2.24, 2.45) is 0 Å². The fraction of sp³-hybridized carbons (Fsp3) is 0.385. The smallest absolute Gasteiger partial charge is 0.216 e. The molecule has 18 heavy (non-hydrogen) atoms. The molecule has 2 rings (SSSR count). The number of methoxy groups -OCH3 is 1. The van der Waals surface area contributed by atoms with E-state index in [4.69, 9.17) is 20.8 Å². The Kier molecular flexibility index (Phi) is 3.87. The van der Waals surface area contributed by atoms with E-state index in [2.05, 4.69) is 9.97 Å². The molecule has 2 heterocycles. The zero-order valence-electron chi connectivity index (χ0n) is 10.6. The van der Waals surface area contributed by atoms with Gasteiger partial charge in [0.05, 0.1) is 12.5 Å². The van der Waals surface area contributed by atoms with Crippen LogP contribution in [0.1, 0.15) is 28.2 Å². The van der Waals surface area contributed by atoms with Crippen molar-refractivity contribution in [3.05, 3.63) is 41.2 Å². The molecular weight excluding hydrogens is 252 g/mol. The molecule has 2 aromatic rings. The zero-order valence-corrected chi connectivity index (χ0v) is 11.4. The number of aromatic nitrogens is 2. The van der Waals surface area contributed by atoms with Crippen LogP contribution >= 0.6 is 11.6 Å². The number of alkyl halides is 1. The molecule has 96 valence electrons. The van der Waals surface area contributed by atoms with Crippen molar-refractivity contribution in [1.29, 1.82) is 0 Å². The normalized spacial score (nSPS) is 12.4. The fourth-order valence-corrected chi connectivity index (χ4v) is 2.23. The summed E-state index contributed by atoms with van der Waals surface area (Å²) in [7, 11) is 1.58. The van der Waals surface area contributed by atoms with Gasteiger partial charge >= 0.3 is 0 Å². The lowest BCUT2D eigenvalue weighted by Crippen LogP contribution is -2.00. The van der Waals surface area contributed by atoms with E-state index in [1.807, 2.05) is 19.9 Å². The number of ether oxygens (including phenoxy) is 1. The molecule has 0 spiro atoms. The third kappa shape index (κ3) is 2.82. The molecule has 2 aromatic heterocycles. The van der Waals surface area contributed by atoms with Crippen LogP contribution in [0.3, 0.4) is 0 Å². The Labute approximate surface area is 111 Å². The number of aryl methyl sites for hydroxylation is 2. The van der Waals surface area contributed by atoms with Crippen LogP contribution in [0.25, 0.3) is 0 Å². The fourth-order valence-electron chi connectivity index (χ4n) is 1.86. The van der Waals surface area contributed by atoms with Crippen molar-refractivity contribution in [3.8, 4) is 5.88 Å². The lowest BCUT2D eigenvalue weighted by atomic mass is 10.1. The van der Waals surface area contributed by atoms with Gasteiger partial charge in [-0.15, -0.1) is 11.6 Å². The van der Waals surface area contributed by atoms with Crippen molar-refractivity contribution >= 4 is 11.6 Å². The predicted molar refractivity (Wildman–Crippen MR) is 69.1 cm³/mol. The molecule has 0 N–H and O–H groups in total. The number of nitrogens with zero attached hydrogens (tertiary/aromatic N) is 2. The van der Waals surface area contributed by atoms with Gasteiger partial charge in [0.15, 0.2) is 0 Å². The minimum absolute atomic E-state index is 0.165. The summed E-state index contributed by atoms with van der Waals surface area (Å²) in [6.45, 7) is 3.83. The highest BCUT2D eigenvalue weighted by Crippen LogP contribution is 2.29. The standard InChI is InChI=1S/C13H15ClN2O2/c1-8-4-11(9(2)18-8)12(14)5-10-6-13(17-3)16-7-15-10/h4,6-7,12H,5H2,1-3H3. The molecular formula is C13H15ClN2O2. The summed E-state index contributed by atoms with van der Waals surface area (Å²) >= 11 is 6.39. The van der Waals surface area contributed by atoms with Gasteiger partial charge in [0.2, 0.25) is 5.88 Å². The second-order valence-electron chi connectivity index (χ2n) is 4.09. The second kappa shape index (κ2) is 5.40. The van der Waals surface area contributed by atoms with E-state index in [1.165, 1.54) is 6.33 Å². The topological polar surface area (TPSA) is 48.2 Å². The van der Waals surface area contributed by atoms with Gasteiger partial charge in [-0.2, -0.15) is 0 Å². The largest absolute Gasteiger partial charge is 0.481 e. The molecule has 0 saturated carbocycles. The van der Waals surface area contributed by atoms with E-state index in [0.29, 0.717) is 12.3 Å². The molecule has 0 aliphatic rings. The maximum absolute atomic E-state index is 6.39. The molecule has 0 fully saturated rings. The number of hydrogen-bond donors (Lipinski definition) is 0. The van der Waals surface area contributed by atoms with Gasteiger partial charge in [0.25, 0.3) is 0 Å². The van der Waals surface area contributed by atoms with Crippen molar-refractivity contribution in [3.63, 3.8) is 0 Å². The molecule has 4 nitrogen and oxygen atoms in total. The average molecular weight is 267 g/mol. The van der Waals surface area contributed by atoms with Crippen LogP contribution in [0.5, 0.6) is 5.88 Å². The van der Waals surface area contributed by atoms with Gasteiger partial charge in [-0.1, -0.05) is 0 Å². The van der Waals surface area contributed by atoms with Crippen molar-refractivity contribution in [1.82, 2.24) is 9.97 Å². The highest BCUT2D eigenvalue weighted by Gasteiger charge is 2.16. The van der Waals surface area contributed by atoms with E-state index in [-0.39, 0.29) is 5.38 Å². The summed E-state index contributed by atoms with van der Waals surface area (Å²) < 4.78 is 10.5. The van der Waals surface area contributed by atoms with Crippen molar-refractivity contribution in [2.45, 2.75) is 25.6 Å². The van der Waals surface area contributed by atoms with Gasteiger partial charge in [-0.3, -0.25) is 0 Å². The monoisotopic (exact) mass is 266 g/mol. The number of halogens is 1. The third-order valence-corrected chi connectivity index (χ3v) is 3.10. The Hall–Kier alpha value is -1.55. The minimum atomic E-state index is -0.165. The number of rotatable bonds is 4. The van der Waals surface area contributed by atoms with Crippen LogP contribution in [-0.4, -0.2) is 17.1 Å². The maximum atomic E-state index is 6.39. The lowest BCUT2D eigenvalue weighted by Gasteiger charge is -2.08. The highest BCUT2D eigenvalue weighted by atomic mass is 35.5. The Bertz CT molecular complexity index is 540. The molecule has 0 saturated heterocycles. The van der Waals surface area contributed by atoms with E-state index in [9.17, 15) is 0 Å². The van der Waals surface area contributed by atoms with Gasteiger partial charge in [0.1, 0.15) is 17.8 Å². The molecule has 0 amide bonds. The zero-order chi connectivity index (χ0) is 13.1. The quantitative estimate of drug-likeness (QED) is 0.797. The van der Waals surface area contributed by atoms with E-state index in [0.717, 1.165) is 22.8 Å². The Balaban J connectivity index is 2.15. The van der Waals surface area contributed by atoms with Crippen LogP contribution in [-0.2, 0) is 6.42 Å². The van der Waals surface area contributed by atoms with Crippen LogP contribution in [0.2, 0.25) is 0 Å². The van der Waals surface area contributed by atoms with Gasteiger partial charge in [-0.25, -0.2) is 9.97 Å². The van der Waals surface area contributed by atoms with E-state index >= 15 is 0 Å². The van der Waals surface area contributed by atoms with Crippen LogP contribution in [0.15, 0.2) is 22.9 Å². The van der Waals surface area contributed by atoms with Crippen LogP contribution in [0, 0.1) is 13.8 Å². The first-order valence-corrected chi connectivity index (χ1v) is 6.09. The third-order valence-electron chi connectivity index (χ3n) is 2.71. The SMILES string of the molecule is COc1cc(CC(Cl)c2cc(C)oc2C)ncn1. The Morgan fingerprint density at radius 3 is 2.72 bits per heavy atom. The first-order valence-electron chi connectivity index (χ1n) is 5.66. The Morgan fingerprint density at radius 2 is 2.11 bits per heavy atom. The molecule has 1 atom stereocenters. The van der Waals surface area contributed by atoms with Gasteiger partial charge < -0.3 is 9.15 Å². The van der Waals surface area contributed by atoms with E-state index < -0.39 is 0 Å². The maximum Gasteiger partial charge on any atom is 0.216 e. The summed E-state index contributed by atoms with van der Waals surface area (Å²) in [4.78, 5) is 8.15. The Morgan fingerprint density at radius 1 is 1.33 bits per heavy atom. The lowest BCUT2D eigenvalue weighted by molar-refractivity contribution is 0.396. The summed E-state index contributed by atoms with van der Waals surface area (Å²) in [5, 5.41) is -0.165. The molecule has 0 radical (unpaired) electrons. The molecule has 0 aromatic carbocycles. The molecule has 0 aliphatic heterocycles. The average Bonchev–Trinajstić information content (AvgIpc) is 2.69. The van der Waals surface area contributed by atoms with Crippen molar-refractivity contribution < 1.29 is 9.15 Å². The number of furan rings is 1.